The molecular formula is C17H24N2O. The number of aromatic nitrogens is 1. The van der Waals surface area contributed by atoms with Crippen molar-refractivity contribution in [3.8, 4) is 0 Å². The Balaban J connectivity index is 2.15. The van der Waals surface area contributed by atoms with E-state index in [1.54, 1.807) is 0 Å². The Bertz CT molecular complexity index is 527. The molecule has 108 valence electrons. The highest BCUT2D eigenvalue weighted by Crippen LogP contribution is 2.21. The van der Waals surface area contributed by atoms with Crippen LogP contribution in [0.3, 0.4) is 0 Å². The summed E-state index contributed by atoms with van der Waals surface area (Å²) in [5, 5.41) is 4.81. The summed E-state index contributed by atoms with van der Waals surface area (Å²) in [5.41, 5.74) is 2.37. The van der Waals surface area contributed by atoms with E-state index >= 15 is 0 Å². The number of hydrogen-bond donors (Lipinski definition) is 1. The zero-order chi connectivity index (χ0) is 14.2. The van der Waals surface area contributed by atoms with E-state index in [0.717, 1.165) is 38.1 Å². The first-order valence-corrected chi connectivity index (χ1v) is 7.51. The highest BCUT2D eigenvalue weighted by atomic mass is 16.5. The first-order valence-electron chi connectivity index (χ1n) is 7.51. The van der Waals surface area contributed by atoms with E-state index in [4.69, 9.17) is 4.74 Å². The molecule has 0 spiro atoms. The van der Waals surface area contributed by atoms with Gasteiger partial charge in [0.1, 0.15) is 0 Å². The lowest BCUT2D eigenvalue weighted by molar-refractivity contribution is 0.136. The second kappa shape index (κ2) is 7.98. The molecule has 20 heavy (non-hydrogen) atoms. The van der Waals surface area contributed by atoms with Crippen molar-refractivity contribution in [2.75, 3.05) is 19.8 Å². The van der Waals surface area contributed by atoms with E-state index in [2.05, 4.69) is 41.5 Å². The predicted molar refractivity (Wildman–Crippen MR) is 83.9 cm³/mol. The van der Waals surface area contributed by atoms with Gasteiger partial charge in [-0.15, -0.1) is 0 Å². The molecule has 1 atom stereocenters. The smallest absolute Gasteiger partial charge is 0.0702 e. The fourth-order valence-electron chi connectivity index (χ4n) is 2.36. The van der Waals surface area contributed by atoms with Crippen molar-refractivity contribution in [1.82, 2.24) is 10.3 Å². The third kappa shape index (κ3) is 4.02. The normalized spacial score (nSPS) is 12.7. The van der Waals surface area contributed by atoms with Gasteiger partial charge in [0.2, 0.25) is 0 Å². The molecule has 3 heteroatoms. The van der Waals surface area contributed by atoms with Gasteiger partial charge < -0.3 is 10.1 Å². The summed E-state index contributed by atoms with van der Waals surface area (Å²) < 4.78 is 5.50. The molecule has 0 fully saturated rings. The lowest BCUT2D eigenvalue weighted by Crippen LogP contribution is -2.23. The van der Waals surface area contributed by atoms with Crippen molar-refractivity contribution in [2.24, 2.45) is 0 Å². The summed E-state index contributed by atoms with van der Waals surface area (Å²) in [5.74, 6) is 0. The number of benzene rings is 1. The van der Waals surface area contributed by atoms with Crippen LogP contribution in [-0.4, -0.2) is 24.7 Å². The average Bonchev–Trinajstić information content (AvgIpc) is 2.50. The van der Waals surface area contributed by atoms with Crippen LogP contribution in [0.2, 0.25) is 0 Å². The first-order chi connectivity index (χ1) is 9.85. The van der Waals surface area contributed by atoms with Gasteiger partial charge in [-0.3, -0.25) is 4.98 Å². The maximum absolute atomic E-state index is 5.50. The van der Waals surface area contributed by atoms with Gasteiger partial charge in [-0.1, -0.05) is 19.1 Å². The van der Waals surface area contributed by atoms with Crippen LogP contribution in [0.5, 0.6) is 0 Å². The van der Waals surface area contributed by atoms with Crippen molar-refractivity contribution in [3.63, 3.8) is 0 Å². The summed E-state index contributed by atoms with van der Waals surface area (Å²) in [7, 11) is 0. The SMILES string of the molecule is CCCNC(CCOCC)c1ccc2ncccc2c1. The Morgan fingerprint density at radius 1 is 1.25 bits per heavy atom. The van der Waals surface area contributed by atoms with E-state index < -0.39 is 0 Å². The molecule has 0 saturated heterocycles. The minimum Gasteiger partial charge on any atom is -0.382 e. The number of ether oxygens (including phenoxy) is 1. The molecule has 0 aliphatic heterocycles. The summed E-state index contributed by atoms with van der Waals surface area (Å²) >= 11 is 0. The Labute approximate surface area is 121 Å². The molecule has 0 saturated carbocycles. The lowest BCUT2D eigenvalue weighted by Gasteiger charge is -2.19. The molecule has 0 aliphatic rings. The maximum Gasteiger partial charge on any atom is 0.0702 e. The fourth-order valence-corrected chi connectivity index (χ4v) is 2.36. The van der Waals surface area contributed by atoms with E-state index in [9.17, 15) is 0 Å². The number of nitrogens with one attached hydrogen (secondary N) is 1. The van der Waals surface area contributed by atoms with Gasteiger partial charge in [0.15, 0.2) is 0 Å². The molecule has 1 aromatic heterocycles. The van der Waals surface area contributed by atoms with E-state index in [1.807, 2.05) is 19.2 Å². The summed E-state index contributed by atoms with van der Waals surface area (Å²) in [4.78, 5) is 4.37. The Morgan fingerprint density at radius 3 is 2.95 bits per heavy atom. The third-order valence-corrected chi connectivity index (χ3v) is 3.43. The van der Waals surface area contributed by atoms with Gasteiger partial charge in [0.25, 0.3) is 0 Å². The minimum atomic E-state index is 0.353. The van der Waals surface area contributed by atoms with Crippen LogP contribution in [0.4, 0.5) is 0 Å². The fraction of sp³-hybridized carbons (Fsp3) is 0.471. The monoisotopic (exact) mass is 272 g/mol. The van der Waals surface area contributed by atoms with Crippen LogP contribution in [-0.2, 0) is 4.74 Å². The highest BCUT2D eigenvalue weighted by molar-refractivity contribution is 5.79. The average molecular weight is 272 g/mol. The molecule has 2 rings (SSSR count). The zero-order valence-corrected chi connectivity index (χ0v) is 12.4. The second-order valence-electron chi connectivity index (χ2n) is 4.95. The molecule has 0 amide bonds. The predicted octanol–water partition coefficient (Wildman–Crippen LogP) is 3.70. The molecule has 1 N–H and O–H groups in total. The lowest BCUT2D eigenvalue weighted by atomic mass is 10.0. The molecule has 3 nitrogen and oxygen atoms in total. The number of fused-ring (bicyclic) bond motifs is 1. The first kappa shape index (κ1) is 14.9. The summed E-state index contributed by atoms with van der Waals surface area (Å²) in [6.07, 6.45) is 3.98. The van der Waals surface area contributed by atoms with E-state index in [-0.39, 0.29) is 0 Å². The number of nitrogens with zero attached hydrogens (tertiary/aromatic N) is 1. The topological polar surface area (TPSA) is 34.1 Å². The van der Waals surface area contributed by atoms with Crippen LogP contribution in [0, 0.1) is 0 Å². The second-order valence-corrected chi connectivity index (χ2v) is 4.95. The van der Waals surface area contributed by atoms with Gasteiger partial charge in [0.05, 0.1) is 5.52 Å². The Morgan fingerprint density at radius 2 is 2.15 bits per heavy atom. The number of rotatable bonds is 8. The molecule has 2 aromatic rings. The largest absolute Gasteiger partial charge is 0.382 e. The van der Waals surface area contributed by atoms with Gasteiger partial charge in [-0.2, -0.15) is 0 Å². The Hall–Kier alpha value is -1.45. The molecule has 0 aliphatic carbocycles. The van der Waals surface area contributed by atoms with Crippen LogP contribution in [0.15, 0.2) is 36.5 Å². The van der Waals surface area contributed by atoms with Gasteiger partial charge >= 0.3 is 0 Å². The quantitative estimate of drug-likeness (QED) is 0.744. The van der Waals surface area contributed by atoms with Crippen LogP contribution >= 0.6 is 0 Å². The number of hydrogen-bond acceptors (Lipinski definition) is 3. The van der Waals surface area contributed by atoms with Crippen LogP contribution in [0.25, 0.3) is 10.9 Å². The van der Waals surface area contributed by atoms with Crippen molar-refractivity contribution in [1.29, 1.82) is 0 Å². The number of pyridine rings is 1. The van der Waals surface area contributed by atoms with Gasteiger partial charge in [-0.05, 0) is 50.1 Å². The molecular weight excluding hydrogens is 248 g/mol. The molecule has 1 unspecified atom stereocenters. The van der Waals surface area contributed by atoms with Crippen molar-refractivity contribution in [3.05, 3.63) is 42.1 Å². The summed E-state index contributed by atoms with van der Waals surface area (Å²) in [6, 6.07) is 11.0. The van der Waals surface area contributed by atoms with Crippen molar-refractivity contribution < 1.29 is 4.74 Å². The molecule has 1 aromatic carbocycles. The standard InChI is InChI=1S/C17H24N2O/c1-3-10-18-17(9-12-20-4-2)15-7-8-16-14(13-15)6-5-11-19-16/h5-8,11,13,17-18H,3-4,9-10,12H2,1-2H3. The van der Waals surface area contributed by atoms with Gasteiger partial charge in [-0.25, -0.2) is 0 Å². The highest BCUT2D eigenvalue weighted by Gasteiger charge is 2.11. The third-order valence-electron chi connectivity index (χ3n) is 3.43. The maximum atomic E-state index is 5.50. The van der Waals surface area contributed by atoms with Crippen molar-refractivity contribution in [2.45, 2.75) is 32.7 Å². The molecule has 1 heterocycles. The minimum absolute atomic E-state index is 0.353. The van der Waals surface area contributed by atoms with Gasteiger partial charge in [0, 0.05) is 30.8 Å². The molecule has 0 radical (unpaired) electrons. The van der Waals surface area contributed by atoms with E-state index in [1.165, 1.54) is 10.9 Å². The van der Waals surface area contributed by atoms with E-state index in [0.29, 0.717) is 6.04 Å². The van der Waals surface area contributed by atoms with Crippen LogP contribution < -0.4 is 5.32 Å². The zero-order valence-electron chi connectivity index (χ0n) is 12.4. The Kier molecular flexibility index (Phi) is 5.96. The molecule has 0 bridgehead atoms. The summed E-state index contributed by atoms with van der Waals surface area (Å²) in [6.45, 7) is 6.83. The van der Waals surface area contributed by atoms with Crippen molar-refractivity contribution >= 4 is 10.9 Å². The van der Waals surface area contributed by atoms with Crippen LogP contribution in [0.1, 0.15) is 38.3 Å².